The van der Waals surface area contributed by atoms with Crippen molar-refractivity contribution in [2.45, 2.75) is 51.5 Å². The van der Waals surface area contributed by atoms with Gasteiger partial charge < -0.3 is 4.42 Å². The fraction of sp³-hybridized carbons (Fsp3) is 0.167. The van der Waals surface area contributed by atoms with E-state index < -0.39 is 0 Å². The molecule has 3 unspecified atom stereocenters. The molecule has 58 heavy (non-hydrogen) atoms. The third-order valence-electron chi connectivity index (χ3n) is 12.7. The van der Waals surface area contributed by atoms with E-state index in [0.717, 1.165) is 90.9 Å². The summed E-state index contributed by atoms with van der Waals surface area (Å²) in [5.74, 6) is 0.995. The molecule has 0 spiro atoms. The molecule has 0 fully saturated rings. The summed E-state index contributed by atoms with van der Waals surface area (Å²) in [4.78, 5) is 10.8. The van der Waals surface area contributed by atoms with Gasteiger partial charge >= 0.3 is 0 Å². The van der Waals surface area contributed by atoms with Crippen LogP contribution in [0.2, 0.25) is 0 Å². The Hall–Kier alpha value is -6.65. The topological polar surface area (TPSA) is 42.3 Å². The Labute approximate surface area is 340 Å². The molecule has 8 aromatic rings. The molecule has 0 N–H and O–H groups in total. The molecule has 0 bridgehead atoms. The summed E-state index contributed by atoms with van der Waals surface area (Å²) < 4.78 is 9.38. The van der Waals surface area contributed by atoms with Crippen molar-refractivity contribution in [1.82, 2.24) is 4.98 Å². The van der Waals surface area contributed by atoms with Gasteiger partial charge in [-0.15, -0.1) is 0 Å². The fourth-order valence-corrected chi connectivity index (χ4v) is 9.33. The Morgan fingerprint density at radius 3 is 2.10 bits per heavy atom. The Kier molecular flexibility index (Phi) is 8.86. The van der Waals surface area contributed by atoms with Crippen LogP contribution >= 0.6 is 0 Å². The van der Waals surface area contributed by atoms with Crippen LogP contribution in [0.5, 0.6) is 0 Å². The van der Waals surface area contributed by atoms with Crippen LogP contribution in [0.3, 0.4) is 0 Å². The van der Waals surface area contributed by atoms with Crippen molar-refractivity contribution >= 4 is 33.5 Å². The second-order valence-electron chi connectivity index (χ2n) is 16.2. The Bertz CT molecular complexity index is 2880. The maximum absolute atomic E-state index is 7.10. The molecule has 3 atom stereocenters. The molecule has 2 aliphatic rings. The van der Waals surface area contributed by atoms with Crippen LogP contribution in [-0.2, 0) is 6.42 Å². The van der Waals surface area contributed by atoms with Crippen molar-refractivity contribution in [1.29, 1.82) is 0 Å². The minimum Gasteiger partial charge on any atom is -0.437 e. The van der Waals surface area contributed by atoms with Crippen LogP contribution in [0, 0.1) is 5.92 Å². The summed E-state index contributed by atoms with van der Waals surface area (Å²) in [5, 5.41) is 2.06. The van der Waals surface area contributed by atoms with Crippen LogP contribution in [-0.4, -0.2) is 16.7 Å². The summed E-state index contributed by atoms with van der Waals surface area (Å²) in [5.41, 5.74) is 17.1. The third kappa shape index (κ3) is 5.86. The number of rotatable bonds is 6. The number of nitrogens with zero attached hydrogens (tertiary/aromatic N) is 3. The van der Waals surface area contributed by atoms with Gasteiger partial charge in [-0.25, -0.2) is 4.98 Å². The highest BCUT2D eigenvalue weighted by Crippen LogP contribution is 2.45. The molecule has 0 saturated carbocycles. The monoisotopic (exact) mass is 752 g/mol. The van der Waals surface area contributed by atoms with E-state index in [9.17, 15) is 0 Å². The summed E-state index contributed by atoms with van der Waals surface area (Å²) in [6, 6.07) is 49.8. The molecule has 3 aromatic heterocycles. The van der Waals surface area contributed by atoms with Gasteiger partial charge in [0, 0.05) is 39.9 Å². The smallest absolute Gasteiger partial charge is 0.227 e. The fourth-order valence-electron chi connectivity index (χ4n) is 9.33. The lowest BCUT2D eigenvalue weighted by Gasteiger charge is -2.30. The first-order valence-corrected chi connectivity index (χ1v) is 20.5. The van der Waals surface area contributed by atoms with Crippen molar-refractivity contribution in [3.8, 4) is 44.8 Å². The number of allylic oxidation sites excluding steroid dienone is 1. The zero-order valence-corrected chi connectivity index (χ0v) is 33.3. The number of aliphatic imine (C=N–C) groups is 1. The van der Waals surface area contributed by atoms with Gasteiger partial charge in [0.2, 0.25) is 17.1 Å². The molecule has 0 amide bonds. The van der Waals surface area contributed by atoms with E-state index in [1.54, 1.807) is 0 Å². The van der Waals surface area contributed by atoms with Crippen molar-refractivity contribution in [2.75, 3.05) is 0 Å². The highest BCUT2D eigenvalue weighted by molar-refractivity contribution is 6.11. The Balaban J connectivity index is 1.21. The largest absolute Gasteiger partial charge is 0.437 e. The first-order chi connectivity index (χ1) is 28.4. The summed E-state index contributed by atoms with van der Waals surface area (Å²) in [6.07, 6.45) is 5.88. The summed E-state index contributed by atoms with van der Waals surface area (Å²) in [6.45, 7) is 15.9. The maximum Gasteiger partial charge on any atom is 0.227 e. The van der Waals surface area contributed by atoms with Gasteiger partial charge in [0.1, 0.15) is 6.04 Å². The number of aryl methyl sites for hydroxylation is 1. The molecule has 0 saturated heterocycles. The number of benzene rings is 5. The first-order valence-electron chi connectivity index (χ1n) is 20.5. The molecule has 282 valence electrons. The minimum atomic E-state index is -0.145. The molecule has 5 heterocycles. The van der Waals surface area contributed by atoms with Crippen LogP contribution in [0.15, 0.2) is 174 Å². The van der Waals surface area contributed by atoms with Crippen LogP contribution in [0.4, 0.5) is 0 Å². The van der Waals surface area contributed by atoms with Gasteiger partial charge in [0.15, 0.2) is 11.8 Å². The predicted octanol–water partition coefficient (Wildman–Crippen LogP) is 13.3. The molecular weight excluding hydrogens is 707 g/mol. The SMILES string of the molecule is C=CC1=NC2C(=C)[n+]3ccc(C(C)C(C)C)cc3-c3c(ccc4c3oc3nc(-c5c(-c6ccccc6)cccc5-c5ccccc5)ccc34)CCC2c2ccccc21. The predicted molar refractivity (Wildman–Crippen MR) is 240 cm³/mol. The first kappa shape index (κ1) is 35.7. The Morgan fingerprint density at radius 1 is 0.724 bits per heavy atom. The highest BCUT2D eigenvalue weighted by Gasteiger charge is 2.39. The molecule has 5 aromatic carbocycles. The van der Waals surface area contributed by atoms with Crippen LogP contribution in [0.1, 0.15) is 61.3 Å². The van der Waals surface area contributed by atoms with E-state index in [4.69, 9.17) is 21.0 Å². The lowest BCUT2D eigenvalue weighted by atomic mass is 9.79. The molecule has 0 radical (unpaired) electrons. The zero-order chi connectivity index (χ0) is 39.5. The average Bonchev–Trinajstić information content (AvgIpc) is 3.66. The number of pyridine rings is 2. The van der Waals surface area contributed by atoms with Gasteiger partial charge in [-0.1, -0.05) is 143 Å². The van der Waals surface area contributed by atoms with Crippen molar-refractivity contribution in [2.24, 2.45) is 10.9 Å². The van der Waals surface area contributed by atoms with E-state index in [0.29, 0.717) is 17.5 Å². The molecule has 4 heteroatoms. The van der Waals surface area contributed by atoms with E-state index >= 15 is 0 Å². The maximum atomic E-state index is 7.10. The zero-order valence-electron chi connectivity index (χ0n) is 33.3. The summed E-state index contributed by atoms with van der Waals surface area (Å²) in [7, 11) is 0. The van der Waals surface area contributed by atoms with Gasteiger partial charge in [0.25, 0.3) is 0 Å². The lowest BCUT2D eigenvalue weighted by Crippen LogP contribution is -2.42. The van der Waals surface area contributed by atoms with Crippen molar-refractivity contribution in [3.63, 3.8) is 0 Å². The number of hydrogen-bond donors (Lipinski definition) is 0. The number of furan rings is 1. The van der Waals surface area contributed by atoms with Gasteiger partial charge in [-0.05, 0) is 88.4 Å². The van der Waals surface area contributed by atoms with Crippen molar-refractivity contribution < 1.29 is 8.98 Å². The highest BCUT2D eigenvalue weighted by atomic mass is 16.3. The molecular formula is C54H46N3O+. The van der Waals surface area contributed by atoms with Crippen LogP contribution < -0.4 is 4.57 Å². The summed E-state index contributed by atoms with van der Waals surface area (Å²) >= 11 is 0. The quantitative estimate of drug-likeness (QED) is 0.159. The van der Waals surface area contributed by atoms with E-state index in [1.807, 2.05) is 6.08 Å². The number of aromatic nitrogens is 2. The normalized spacial score (nSPS) is 16.7. The van der Waals surface area contributed by atoms with Gasteiger partial charge in [0.05, 0.1) is 17.0 Å². The molecule has 10 rings (SSSR count). The third-order valence-corrected chi connectivity index (χ3v) is 12.7. The van der Waals surface area contributed by atoms with E-state index in [2.05, 4.69) is 178 Å². The van der Waals surface area contributed by atoms with E-state index in [1.165, 1.54) is 16.7 Å². The Morgan fingerprint density at radius 2 is 1.40 bits per heavy atom. The van der Waals surface area contributed by atoms with Gasteiger partial charge in [-0.3, -0.25) is 4.99 Å². The molecule has 0 aliphatic carbocycles. The second-order valence-corrected chi connectivity index (χ2v) is 16.2. The van der Waals surface area contributed by atoms with Crippen molar-refractivity contribution in [3.05, 3.63) is 187 Å². The number of hydrogen-bond acceptors (Lipinski definition) is 3. The number of fused-ring (bicyclic) bond motifs is 10. The van der Waals surface area contributed by atoms with Gasteiger partial charge in [-0.2, -0.15) is 4.57 Å². The second kappa shape index (κ2) is 14.4. The average molecular weight is 753 g/mol. The molecule has 2 aliphatic heterocycles. The van der Waals surface area contributed by atoms with Crippen LogP contribution in [0.25, 0.3) is 72.5 Å². The standard InChI is InChI=1S/C54H46N3O/c1-6-47-43-21-14-13-20-42(43)44-26-24-38-25-27-45-46-28-29-48(51-40(36-16-9-7-10-17-36)22-15-23-41(51)37-18-11-8-12-19-37)56-54(46)58-53(45)50(38)49-32-39(34(4)33(2)3)30-31-57(49)35(5)52(44)55-47/h6-23,25,27-34,44,52H,1,5,24,26H2,2-4H3/q+1. The minimum absolute atomic E-state index is 0.145. The lowest BCUT2D eigenvalue weighted by molar-refractivity contribution is -0.572. The van der Waals surface area contributed by atoms with E-state index in [-0.39, 0.29) is 12.0 Å². The molecule has 4 nitrogen and oxygen atoms in total.